The van der Waals surface area contributed by atoms with Crippen LogP contribution in [0.3, 0.4) is 0 Å². The Morgan fingerprint density at radius 1 is 0.719 bits per heavy atom. The van der Waals surface area contributed by atoms with Crippen molar-refractivity contribution in [1.29, 1.82) is 0 Å². The van der Waals surface area contributed by atoms with Crippen LogP contribution >= 0.6 is 0 Å². The van der Waals surface area contributed by atoms with Gasteiger partial charge in [0.15, 0.2) is 0 Å². The van der Waals surface area contributed by atoms with E-state index in [1.54, 1.807) is 50.6 Å². The molecule has 0 atom stereocenters. The summed E-state index contributed by atoms with van der Waals surface area (Å²) in [4.78, 5) is 23.9. The predicted molar refractivity (Wildman–Crippen MR) is 120 cm³/mol. The number of nitrogens with zero attached hydrogens (tertiary/aromatic N) is 2. The summed E-state index contributed by atoms with van der Waals surface area (Å²) in [7, 11) is 6.16. The van der Waals surface area contributed by atoms with Crippen LogP contribution in [0.15, 0.2) is 46.6 Å². The van der Waals surface area contributed by atoms with E-state index in [4.69, 9.17) is 18.9 Å². The van der Waals surface area contributed by atoms with Gasteiger partial charge in [-0.25, -0.2) is 10.9 Å². The van der Waals surface area contributed by atoms with Crippen molar-refractivity contribution in [3.05, 3.63) is 47.5 Å². The number of hydrazone groups is 2. The second kappa shape index (κ2) is 12.6. The molecule has 0 saturated carbocycles. The molecule has 2 aromatic carbocycles. The van der Waals surface area contributed by atoms with E-state index in [9.17, 15) is 9.59 Å². The second-order valence-corrected chi connectivity index (χ2v) is 6.30. The molecule has 0 aromatic heterocycles. The fourth-order valence-electron chi connectivity index (χ4n) is 2.57. The van der Waals surface area contributed by atoms with Crippen molar-refractivity contribution in [2.24, 2.45) is 10.2 Å². The minimum absolute atomic E-state index is 0.0591. The summed E-state index contributed by atoms with van der Waals surface area (Å²) in [6.07, 6.45) is 2.75. The molecule has 2 aromatic rings. The lowest BCUT2D eigenvalue weighted by molar-refractivity contribution is -0.126. The Kier molecular flexibility index (Phi) is 9.51. The lowest BCUT2D eigenvalue weighted by Crippen LogP contribution is -2.22. The monoisotopic (exact) mass is 442 g/mol. The molecule has 2 amide bonds. The van der Waals surface area contributed by atoms with Crippen LogP contribution in [0.25, 0.3) is 0 Å². The fourth-order valence-corrected chi connectivity index (χ4v) is 2.57. The average Bonchev–Trinajstić information content (AvgIpc) is 2.82. The van der Waals surface area contributed by atoms with Gasteiger partial charge in [0, 0.05) is 24.0 Å². The third kappa shape index (κ3) is 7.31. The molecule has 0 radical (unpaired) electrons. The highest BCUT2D eigenvalue weighted by Crippen LogP contribution is 2.23. The van der Waals surface area contributed by atoms with Crippen LogP contribution in [0.2, 0.25) is 0 Å². The Morgan fingerprint density at radius 2 is 1.12 bits per heavy atom. The molecule has 0 heterocycles. The number of ether oxygens (including phenoxy) is 4. The molecule has 170 valence electrons. The van der Waals surface area contributed by atoms with Gasteiger partial charge in [0.2, 0.25) is 11.8 Å². The fraction of sp³-hybridized carbons (Fsp3) is 0.273. The van der Waals surface area contributed by atoms with Gasteiger partial charge >= 0.3 is 0 Å². The van der Waals surface area contributed by atoms with Gasteiger partial charge in [-0.1, -0.05) is 0 Å². The molecular weight excluding hydrogens is 416 g/mol. The van der Waals surface area contributed by atoms with E-state index in [1.165, 1.54) is 26.6 Å². The van der Waals surface area contributed by atoms with Gasteiger partial charge in [0.05, 0.1) is 40.9 Å². The number of rotatable bonds is 11. The second-order valence-electron chi connectivity index (χ2n) is 6.30. The van der Waals surface area contributed by atoms with E-state index in [1.807, 2.05) is 0 Å². The summed E-state index contributed by atoms with van der Waals surface area (Å²) < 4.78 is 20.8. The highest BCUT2D eigenvalue weighted by molar-refractivity contribution is 5.88. The van der Waals surface area contributed by atoms with E-state index in [0.717, 1.165) is 0 Å². The first-order valence-corrected chi connectivity index (χ1v) is 9.58. The number of benzene rings is 2. The normalized spacial score (nSPS) is 10.8. The first-order valence-electron chi connectivity index (χ1n) is 9.58. The maximum Gasteiger partial charge on any atom is 0.240 e. The quantitative estimate of drug-likeness (QED) is 0.406. The molecule has 2 N–H and O–H groups in total. The Bertz CT molecular complexity index is 911. The average molecular weight is 442 g/mol. The van der Waals surface area contributed by atoms with Gasteiger partial charge in [-0.3, -0.25) is 9.59 Å². The van der Waals surface area contributed by atoms with Crippen LogP contribution < -0.4 is 29.8 Å². The van der Waals surface area contributed by atoms with Gasteiger partial charge < -0.3 is 18.9 Å². The largest absolute Gasteiger partial charge is 0.497 e. The Labute approximate surface area is 186 Å². The molecule has 0 unspecified atom stereocenters. The molecule has 2 rings (SSSR count). The number of carbonyl (C=O) groups excluding carboxylic acids is 2. The van der Waals surface area contributed by atoms with Crippen LogP contribution in [-0.4, -0.2) is 52.7 Å². The number of nitrogens with one attached hydrogen (secondary N) is 2. The molecule has 0 aliphatic rings. The van der Waals surface area contributed by atoms with Crippen LogP contribution in [0, 0.1) is 0 Å². The van der Waals surface area contributed by atoms with Crippen molar-refractivity contribution in [3.8, 4) is 23.0 Å². The molecular formula is C22H26N4O6. The highest BCUT2D eigenvalue weighted by Gasteiger charge is 2.07. The number of carbonyl (C=O) groups is 2. The van der Waals surface area contributed by atoms with E-state index in [0.29, 0.717) is 34.1 Å². The summed E-state index contributed by atoms with van der Waals surface area (Å²) in [5.41, 5.74) is 6.00. The first kappa shape index (κ1) is 24.2. The molecule has 0 bridgehead atoms. The van der Waals surface area contributed by atoms with Crippen LogP contribution in [0.4, 0.5) is 0 Å². The minimum atomic E-state index is -0.420. The van der Waals surface area contributed by atoms with E-state index >= 15 is 0 Å². The maximum atomic E-state index is 11.9. The molecule has 0 fully saturated rings. The van der Waals surface area contributed by atoms with E-state index in [2.05, 4.69) is 21.1 Å². The predicted octanol–water partition coefficient (Wildman–Crippen LogP) is 2.10. The number of hydrogen-bond acceptors (Lipinski definition) is 8. The van der Waals surface area contributed by atoms with Crippen molar-refractivity contribution in [1.82, 2.24) is 10.9 Å². The Balaban J connectivity index is 1.82. The Morgan fingerprint density at radius 3 is 1.47 bits per heavy atom. The standard InChI is InChI=1S/C22H26N4O6/c1-29-17-5-7-19(31-3)15(11-17)13-23-25-21(27)9-10-22(28)26-24-14-16-12-18(30-2)6-8-20(16)32-4/h5-8,11-14H,9-10H2,1-4H3,(H,25,27)(H,26,28). The van der Waals surface area contributed by atoms with Crippen molar-refractivity contribution in [2.75, 3.05) is 28.4 Å². The summed E-state index contributed by atoms with van der Waals surface area (Å²) in [6, 6.07) is 10.4. The summed E-state index contributed by atoms with van der Waals surface area (Å²) >= 11 is 0. The molecule has 0 aliphatic carbocycles. The van der Waals surface area contributed by atoms with Crippen LogP contribution in [0.1, 0.15) is 24.0 Å². The summed E-state index contributed by atoms with van der Waals surface area (Å²) in [5.74, 6) is 1.57. The van der Waals surface area contributed by atoms with Gasteiger partial charge in [-0.05, 0) is 36.4 Å². The number of hydrogen-bond donors (Lipinski definition) is 2. The summed E-state index contributed by atoms with van der Waals surface area (Å²) in [6.45, 7) is 0. The van der Waals surface area contributed by atoms with E-state index < -0.39 is 11.8 Å². The van der Waals surface area contributed by atoms with Gasteiger partial charge in [0.25, 0.3) is 0 Å². The lowest BCUT2D eigenvalue weighted by atomic mass is 10.2. The number of amides is 2. The molecule has 10 nitrogen and oxygen atoms in total. The van der Waals surface area contributed by atoms with Gasteiger partial charge in [-0.2, -0.15) is 10.2 Å². The molecule has 32 heavy (non-hydrogen) atoms. The third-order valence-electron chi connectivity index (χ3n) is 4.24. The zero-order valence-corrected chi connectivity index (χ0v) is 18.4. The van der Waals surface area contributed by atoms with Crippen molar-refractivity contribution < 1.29 is 28.5 Å². The SMILES string of the molecule is COc1ccc(OC)c(C=NNC(=O)CCC(=O)NN=Cc2cc(OC)ccc2OC)c1. The zero-order valence-electron chi connectivity index (χ0n) is 18.4. The Hall–Kier alpha value is -4.08. The highest BCUT2D eigenvalue weighted by atomic mass is 16.5. The smallest absolute Gasteiger partial charge is 0.240 e. The molecule has 0 aliphatic heterocycles. The molecule has 0 spiro atoms. The maximum absolute atomic E-state index is 11.9. The molecule has 0 saturated heterocycles. The summed E-state index contributed by atoms with van der Waals surface area (Å²) in [5, 5.41) is 7.79. The third-order valence-corrected chi connectivity index (χ3v) is 4.24. The lowest BCUT2D eigenvalue weighted by Gasteiger charge is -2.07. The van der Waals surface area contributed by atoms with Crippen molar-refractivity contribution in [3.63, 3.8) is 0 Å². The van der Waals surface area contributed by atoms with Gasteiger partial charge in [-0.15, -0.1) is 0 Å². The van der Waals surface area contributed by atoms with Crippen molar-refractivity contribution in [2.45, 2.75) is 12.8 Å². The van der Waals surface area contributed by atoms with Gasteiger partial charge in [0.1, 0.15) is 23.0 Å². The van der Waals surface area contributed by atoms with Crippen molar-refractivity contribution >= 4 is 24.2 Å². The first-order chi connectivity index (χ1) is 15.5. The minimum Gasteiger partial charge on any atom is -0.497 e. The van der Waals surface area contributed by atoms with E-state index in [-0.39, 0.29) is 12.8 Å². The number of methoxy groups -OCH3 is 4. The van der Waals surface area contributed by atoms with Crippen LogP contribution in [0.5, 0.6) is 23.0 Å². The topological polar surface area (TPSA) is 120 Å². The zero-order chi connectivity index (χ0) is 23.3. The van der Waals surface area contributed by atoms with Crippen LogP contribution in [-0.2, 0) is 9.59 Å². The molecule has 10 heteroatoms.